The molecular formula is C16H19N3O3S. The highest BCUT2D eigenvalue weighted by Crippen LogP contribution is 2.11. The molecule has 2 amide bonds. The van der Waals surface area contributed by atoms with Crippen molar-refractivity contribution in [1.82, 2.24) is 9.88 Å². The van der Waals surface area contributed by atoms with Gasteiger partial charge in [-0.3, -0.25) is 9.59 Å². The van der Waals surface area contributed by atoms with Gasteiger partial charge >= 0.3 is 0 Å². The van der Waals surface area contributed by atoms with Crippen LogP contribution in [0.4, 0.5) is 5.13 Å². The number of rotatable bonds is 8. The summed E-state index contributed by atoms with van der Waals surface area (Å²) in [6, 6.07) is 8.93. The molecular weight excluding hydrogens is 314 g/mol. The van der Waals surface area contributed by atoms with Crippen LogP contribution in [0.1, 0.15) is 16.8 Å². The van der Waals surface area contributed by atoms with Gasteiger partial charge in [0.15, 0.2) is 5.13 Å². The molecule has 0 radical (unpaired) electrons. The van der Waals surface area contributed by atoms with Crippen molar-refractivity contribution in [3.8, 4) is 0 Å². The highest BCUT2D eigenvalue weighted by molar-refractivity contribution is 7.13. The molecule has 0 unspecified atom stereocenters. The zero-order valence-electron chi connectivity index (χ0n) is 12.9. The van der Waals surface area contributed by atoms with Gasteiger partial charge in [0.25, 0.3) is 5.91 Å². The van der Waals surface area contributed by atoms with Crippen molar-refractivity contribution in [1.29, 1.82) is 0 Å². The number of amides is 2. The number of anilines is 1. The standard InChI is InChI=1S/C16H19N3O3S/c1-22-10-5-9-19(15(21)13-6-3-2-4-7-13)12-14(20)18-16-17-8-11-23-16/h2-4,6-8,11H,5,9-10,12H2,1H3,(H,17,18,20). The Hall–Kier alpha value is -2.25. The van der Waals surface area contributed by atoms with E-state index in [1.54, 1.807) is 43.0 Å². The first-order chi connectivity index (χ1) is 11.2. The van der Waals surface area contributed by atoms with Gasteiger partial charge in [-0.25, -0.2) is 4.98 Å². The zero-order chi connectivity index (χ0) is 16.5. The number of thiazole rings is 1. The second-order valence-electron chi connectivity index (χ2n) is 4.82. The van der Waals surface area contributed by atoms with Gasteiger partial charge in [-0.05, 0) is 18.6 Å². The summed E-state index contributed by atoms with van der Waals surface area (Å²) in [6.45, 7) is 0.969. The van der Waals surface area contributed by atoms with E-state index in [0.717, 1.165) is 0 Å². The summed E-state index contributed by atoms with van der Waals surface area (Å²) in [6.07, 6.45) is 2.28. The van der Waals surface area contributed by atoms with Crippen LogP contribution in [0.2, 0.25) is 0 Å². The number of ether oxygens (including phenoxy) is 1. The first-order valence-corrected chi connectivity index (χ1v) is 8.11. The first-order valence-electron chi connectivity index (χ1n) is 7.23. The van der Waals surface area contributed by atoms with Crippen molar-refractivity contribution in [2.24, 2.45) is 0 Å². The summed E-state index contributed by atoms with van der Waals surface area (Å²) in [5.41, 5.74) is 0.562. The number of hydrogen-bond acceptors (Lipinski definition) is 5. The molecule has 1 heterocycles. The summed E-state index contributed by atoms with van der Waals surface area (Å²) < 4.78 is 5.02. The van der Waals surface area contributed by atoms with E-state index in [1.165, 1.54) is 16.2 Å². The summed E-state index contributed by atoms with van der Waals surface area (Å²) in [5.74, 6) is -0.433. The average Bonchev–Trinajstić information content (AvgIpc) is 3.07. The van der Waals surface area contributed by atoms with Gasteiger partial charge in [-0.2, -0.15) is 0 Å². The van der Waals surface area contributed by atoms with Gasteiger partial charge < -0.3 is 15.0 Å². The van der Waals surface area contributed by atoms with Crippen molar-refractivity contribution in [3.05, 3.63) is 47.5 Å². The van der Waals surface area contributed by atoms with Crippen molar-refractivity contribution in [3.63, 3.8) is 0 Å². The molecule has 23 heavy (non-hydrogen) atoms. The molecule has 0 atom stereocenters. The van der Waals surface area contributed by atoms with Gasteiger partial charge in [0.05, 0.1) is 0 Å². The molecule has 0 aliphatic rings. The lowest BCUT2D eigenvalue weighted by atomic mass is 10.2. The summed E-state index contributed by atoms with van der Waals surface area (Å²) in [5, 5.41) is 5.00. The number of carbonyl (C=O) groups is 2. The Morgan fingerprint density at radius 3 is 2.74 bits per heavy atom. The number of hydrogen-bond donors (Lipinski definition) is 1. The minimum Gasteiger partial charge on any atom is -0.385 e. The van der Waals surface area contributed by atoms with Gasteiger partial charge in [-0.15, -0.1) is 11.3 Å². The average molecular weight is 333 g/mol. The Labute approximate surface area is 139 Å². The highest BCUT2D eigenvalue weighted by Gasteiger charge is 2.18. The lowest BCUT2D eigenvalue weighted by molar-refractivity contribution is -0.116. The maximum atomic E-state index is 12.6. The molecule has 6 nitrogen and oxygen atoms in total. The molecule has 1 aromatic carbocycles. The molecule has 1 aromatic heterocycles. The fraction of sp³-hybridized carbons (Fsp3) is 0.312. The molecule has 0 bridgehead atoms. The minimum atomic E-state index is -0.262. The number of aromatic nitrogens is 1. The molecule has 122 valence electrons. The van der Waals surface area contributed by atoms with Gasteiger partial charge in [0, 0.05) is 37.4 Å². The quantitative estimate of drug-likeness (QED) is 0.752. The molecule has 0 aliphatic heterocycles. The minimum absolute atomic E-state index is 0.0168. The smallest absolute Gasteiger partial charge is 0.254 e. The Morgan fingerprint density at radius 1 is 1.30 bits per heavy atom. The molecule has 2 aromatic rings. The highest BCUT2D eigenvalue weighted by atomic mass is 32.1. The summed E-state index contributed by atoms with van der Waals surface area (Å²) >= 11 is 1.34. The first kappa shape index (κ1) is 17.1. The van der Waals surface area contributed by atoms with Crippen LogP contribution in [0, 0.1) is 0 Å². The molecule has 7 heteroatoms. The van der Waals surface area contributed by atoms with E-state index < -0.39 is 0 Å². The predicted octanol–water partition coefficient (Wildman–Crippen LogP) is 2.26. The number of carbonyl (C=O) groups excluding carboxylic acids is 2. The normalized spacial score (nSPS) is 10.3. The second kappa shape index (κ2) is 9.02. The van der Waals surface area contributed by atoms with E-state index in [1.807, 2.05) is 6.07 Å². The maximum Gasteiger partial charge on any atom is 0.254 e. The third kappa shape index (κ3) is 5.46. The van der Waals surface area contributed by atoms with Crippen LogP contribution >= 0.6 is 11.3 Å². The second-order valence-corrected chi connectivity index (χ2v) is 5.72. The van der Waals surface area contributed by atoms with E-state index in [2.05, 4.69) is 10.3 Å². The van der Waals surface area contributed by atoms with E-state index >= 15 is 0 Å². The lowest BCUT2D eigenvalue weighted by Crippen LogP contribution is -2.39. The van der Waals surface area contributed by atoms with Crippen LogP contribution in [0.15, 0.2) is 41.9 Å². The van der Waals surface area contributed by atoms with Gasteiger partial charge in [-0.1, -0.05) is 18.2 Å². The van der Waals surface area contributed by atoms with Gasteiger partial charge in [0.1, 0.15) is 6.54 Å². The van der Waals surface area contributed by atoms with Crippen molar-refractivity contribution in [2.45, 2.75) is 6.42 Å². The Bertz CT molecular complexity index is 617. The van der Waals surface area contributed by atoms with E-state index in [0.29, 0.717) is 30.3 Å². The molecule has 1 N–H and O–H groups in total. The van der Waals surface area contributed by atoms with Crippen LogP contribution in [0.5, 0.6) is 0 Å². The Balaban J connectivity index is 2.01. The molecule has 0 saturated heterocycles. The maximum absolute atomic E-state index is 12.6. The fourth-order valence-corrected chi connectivity index (χ4v) is 2.58. The number of nitrogens with one attached hydrogen (secondary N) is 1. The number of benzene rings is 1. The molecule has 0 saturated carbocycles. The van der Waals surface area contributed by atoms with Crippen LogP contribution in [-0.4, -0.2) is 48.5 Å². The van der Waals surface area contributed by atoms with E-state index in [9.17, 15) is 9.59 Å². The largest absolute Gasteiger partial charge is 0.385 e. The van der Waals surface area contributed by atoms with Crippen molar-refractivity contribution in [2.75, 3.05) is 32.1 Å². The predicted molar refractivity (Wildman–Crippen MR) is 89.6 cm³/mol. The molecule has 0 fully saturated rings. The van der Waals surface area contributed by atoms with Crippen LogP contribution in [-0.2, 0) is 9.53 Å². The lowest BCUT2D eigenvalue weighted by Gasteiger charge is -2.22. The van der Waals surface area contributed by atoms with Crippen molar-refractivity contribution >= 4 is 28.3 Å². The van der Waals surface area contributed by atoms with Gasteiger partial charge in [0.2, 0.25) is 5.91 Å². The number of methoxy groups -OCH3 is 1. The zero-order valence-corrected chi connectivity index (χ0v) is 13.7. The fourth-order valence-electron chi connectivity index (χ4n) is 2.03. The van der Waals surface area contributed by atoms with E-state index in [4.69, 9.17) is 4.74 Å². The monoisotopic (exact) mass is 333 g/mol. The molecule has 0 spiro atoms. The Morgan fingerprint density at radius 2 is 2.09 bits per heavy atom. The Kier molecular flexibility index (Phi) is 6.71. The summed E-state index contributed by atoms with van der Waals surface area (Å²) in [4.78, 5) is 30.2. The third-order valence-corrected chi connectivity index (χ3v) is 3.79. The molecule has 0 aliphatic carbocycles. The van der Waals surface area contributed by atoms with E-state index in [-0.39, 0.29) is 18.4 Å². The van der Waals surface area contributed by atoms with Crippen LogP contribution < -0.4 is 5.32 Å². The number of nitrogens with zero attached hydrogens (tertiary/aromatic N) is 2. The van der Waals surface area contributed by atoms with Crippen LogP contribution in [0.3, 0.4) is 0 Å². The third-order valence-electron chi connectivity index (χ3n) is 3.10. The van der Waals surface area contributed by atoms with Crippen molar-refractivity contribution < 1.29 is 14.3 Å². The topological polar surface area (TPSA) is 71.5 Å². The summed E-state index contributed by atoms with van der Waals surface area (Å²) in [7, 11) is 1.61. The molecule has 2 rings (SSSR count). The SMILES string of the molecule is COCCCN(CC(=O)Nc1nccs1)C(=O)c1ccccc1. The van der Waals surface area contributed by atoms with Crippen LogP contribution in [0.25, 0.3) is 0 Å².